The van der Waals surface area contributed by atoms with E-state index in [1.807, 2.05) is 0 Å². The Bertz CT molecular complexity index is 469. The molecule has 0 amide bonds. The summed E-state index contributed by atoms with van der Waals surface area (Å²) >= 11 is 0. The average Bonchev–Trinajstić information content (AvgIpc) is 2.47. The zero-order valence-corrected chi connectivity index (χ0v) is 14.2. The first-order valence-electron chi connectivity index (χ1n) is 7.58. The van der Waals surface area contributed by atoms with Crippen molar-refractivity contribution in [3.8, 4) is 5.75 Å². The van der Waals surface area contributed by atoms with E-state index in [1.165, 1.54) is 5.56 Å². The van der Waals surface area contributed by atoms with Gasteiger partial charge in [0.05, 0.1) is 7.11 Å². The van der Waals surface area contributed by atoms with Crippen molar-refractivity contribution in [1.29, 1.82) is 0 Å². The Morgan fingerprint density at radius 1 is 1.29 bits per heavy atom. The maximum absolute atomic E-state index is 5.36. The van der Waals surface area contributed by atoms with Crippen molar-refractivity contribution < 1.29 is 4.74 Å². The van der Waals surface area contributed by atoms with Crippen LogP contribution in [-0.4, -0.2) is 32.7 Å². The predicted octanol–water partition coefficient (Wildman–Crippen LogP) is 2.76. The molecule has 1 atom stereocenters. The topological polar surface area (TPSA) is 45.7 Å². The van der Waals surface area contributed by atoms with E-state index in [9.17, 15) is 0 Å². The second-order valence-corrected chi connectivity index (χ2v) is 5.73. The largest absolute Gasteiger partial charge is 0.496 e. The van der Waals surface area contributed by atoms with Gasteiger partial charge in [-0.2, -0.15) is 0 Å². The maximum Gasteiger partial charge on any atom is 0.191 e. The van der Waals surface area contributed by atoms with Crippen LogP contribution < -0.4 is 15.4 Å². The van der Waals surface area contributed by atoms with Gasteiger partial charge in [0, 0.05) is 19.6 Å². The van der Waals surface area contributed by atoms with E-state index in [-0.39, 0.29) is 0 Å². The van der Waals surface area contributed by atoms with Gasteiger partial charge < -0.3 is 15.4 Å². The van der Waals surface area contributed by atoms with Gasteiger partial charge in [-0.1, -0.05) is 26.0 Å². The molecule has 4 nitrogen and oxygen atoms in total. The molecular weight excluding hydrogens is 262 g/mol. The minimum absolute atomic E-state index is 0.399. The number of hydrogen-bond acceptors (Lipinski definition) is 2. The highest BCUT2D eigenvalue weighted by Gasteiger charge is 2.08. The summed E-state index contributed by atoms with van der Waals surface area (Å²) in [6.45, 7) is 9.46. The van der Waals surface area contributed by atoms with Crippen LogP contribution in [-0.2, 0) is 6.42 Å². The average molecular weight is 291 g/mol. The molecule has 0 saturated carbocycles. The molecule has 0 spiro atoms. The molecule has 1 aromatic rings. The smallest absolute Gasteiger partial charge is 0.191 e. The van der Waals surface area contributed by atoms with E-state index in [0.29, 0.717) is 12.0 Å². The van der Waals surface area contributed by atoms with Gasteiger partial charge in [-0.25, -0.2) is 0 Å². The highest BCUT2D eigenvalue weighted by Crippen LogP contribution is 2.18. The third-order valence-corrected chi connectivity index (χ3v) is 3.77. The van der Waals surface area contributed by atoms with Crippen LogP contribution >= 0.6 is 0 Å². The molecule has 1 aromatic carbocycles. The number of benzene rings is 1. The number of aryl methyl sites for hydroxylation is 1. The predicted molar refractivity (Wildman–Crippen MR) is 90.2 cm³/mol. The van der Waals surface area contributed by atoms with Crippen molar-refractivity contribution in [3.63, 3.8) is 0 Å². The molecule has 0 radical (unpaired) electrons. The molecule has 4 heteroatoms. The monoisotopic (exact) mass is 291 g/mol. The SMILES string of the molecule is CN=C(NCCc1ccc(C)c(OC)c1)NC(C)C(C)C. The molecule has 0 heterocycles. The molecular formula is C17H29N3O. The maximum atomic E-state index is 5.36. The highest BCUT2D eigenvalue weighted by molar-refractivity contribution is 5.79. The molecule has 1 unspecified atom stereocenters. The van der Waals surface area contributed by atoms with Gasteiger partial charge >= 0.3 is 0 Å². The minimum Gasteiger partial charge on any atom is -0.496 e. The fraction of sp³-hybridized carbons (Fsp3) is 0.588. The summed E-state index contributed by atoms with van der Waals surface area (Å²) in [7, 11) is 3.51. The van der Waals surface area contributed by atoms with E-state index >= 15 is 0 Å². The van der Waals surface area contributed by atoms with Gasteiger partial charge in [0.25, 0.3) is 0 Å². The van der Waals surface area contributed by atoms with Crippen LogP contribution in [0.1, 0.15) is 31.9 Å². The fourth-order valence-electron chi connectivity index (χ4n) is 1.92. The number of guanidine groups is 1. The lowest BCUT2D eigenvalue weighted by atomic mass is 10.1. The van der Waals surface area contributed by atoms with Crippen LogP contribution in [0.25, 0.3) is 0 Å². The Balaban J connectivity index is 2.48. The first-order chi connectivity index (χ1) is 9.97. The van der Waals surface area contributed by atoms with Crippen molar-refractivity contribution in [2.24, 2.45) is 10.9 Å². The summed E-state index contributed by atoms with van der Waals surface area (Å²) in [6.07, 6.45) is 0.938. The van der Waals surface area contributed by atoms with Crippen LogP contribution in [0.15, 0.2) is 23.2 Å². The number of methoxy groups -OCH3 is 1. The molecule has 21 heavy (non-hydrogen) atoms. The van der Waals surface area contributed by atoms with E-state index < -0.39 is 0 Å². The molecule has 0 fully saturated rings. The number of nitrogens with one attached hydrogen (secondary N) is 2. The molecule has 1 rings (SSSR count). The second-order valence-electron chi connectivity index (χ2n) is 5.73. The Morgan fingerprint density at radius 2 is 2.00 bits per heavy atom. The zero-order chi connectivity index (χ0) is 15.8. The number of rotatable bonds is 6. The third kappa shape index (κ3) is 5.66. The Kier molecular flexibility index (Phi) is 7.06. The van der Waals surface area contributed by atoms with E-state index in [2.05, 4.69) is 61.5 Å². The van der Waals surface area contributed by atoms with Crippen LogP contribution in [0.2, 0.25) is 0 Å². The standard InChI is InChI=1S/C17H29N3O/c1-12(2)14(4)20-17(18-5)19-10-9-15-8-7-13(3)16(11-15)21-6/h7-8,11-12,14H,9-10H2,1-6H3,(H2,18,19,20). The molecule has 0 bridgehead atoms. The van der Waals surface area contributed by atoms with Crippen molar-refractivity contribution in [2.45, 2.75) is 40.2 Å². The lowest BCUT2D eigenvalue weighted by molar-refractivity contribution is 0.411. The van der Waals surface area contributed by atoms with E-state index in [4.69, 9.17) is 4.74 Å². The van der Waals surface area contributed by atoms with Gasteiger partial charge in [-0.3, -0.25) is 4.99 Å². The van der Waals surface area contributed by atoms with E-state index in [0.717, 1.165) is 30.2 Å². The lowest BCUT2D eigenvalue weighted by Gasteiger charge is -2.20. The molecule has 118 valence electrons. The molecule has 0 aliphatic heterocycles. The van der Waals surface area contributed by atoms with Crippen LogP contribution in [0, 0.1) is 12.8 Å². The first kappa shape index (κ1) is 17.3. The normalized spacial score (nSPS) is 13.2. The van der Waals surface area contributed by atoms with Gasteiger partial charge in [0.1, 0.15) is 5.75 Å². The summed E-state index contributed by atoms with van der Waals surface area (Å²) in [5, 5.41) is 6.75. The summed E-state index contributed by atoms with van der Waals surface area (Å²) in [5.74, 6) is 2.38. The van der Waals surface area contributed by atoms with Crippen LogP contribution in [0.3, 0.4) is 0 Å². The third-order valence-electron chi connectivity index (χ3n) is 3.77. The van der Waals surface area contributed by atoms with Gasteiger partial charge in [0.2, 0.25) is 0 Å². The van der Waals surface area contributed by atoms with Crippen molar-refractivity contribution in [2.75, 3.05) is 20.7 Å². The van der Waals surface area contributed by atoms with Crippen molar-refractivity contribution in [1.82, 2.24) is 10.6 Å². The van der Waals surface area contributed by atoms with Crippen LogP contribution in [0.5, 0.6) is 5.75 Å². The minimum atomic E-state index is 0.399. The van der Waals surface area contributed by atoms with Crippen molar-refractivity contribution in [3.05, 3.63) is 29.3 Å². The summed E-state index contributed by atoms with van der Waals surface area (Å²) < 4.78 is 5.36. The van der Waals surface area contributed by atoms with Crippen molar-refractivity contribution >= 4 is 5.96 Å². The Hall–Kier alpha value is -1.71. The molecule has 2 N–H and O–H groups in total. The molecule has 0 aliphatic rings. The Morgan fingerprint density at radius 3 is 2.57 bits per heavy atom. The summed E-state index contributed by atoms with van der Waals surface area (Å²) in [4.78, 5) is 4.26. The van der Waals surface area contributed by atoms with Crippen LogP contribution in [0.4, 0.5) is 0 Å². The van der Waals surface area contributed by atoms with E-state index in [1.54, 1.807) is 14.2 Å². The summed E-state index contributed by atoms with van der Waals surface area (Å²) in [5.41, 5.74) is 2.43. The second kappa shape index (κ2) is 8.55. The first-order valence-corrected chi connectivity index (χ1v) is 7.58. The highest BCUT2D eigenvalue weighted by atomic mass is 16.5. The zero-order valence-electron chi connectivity index (χ0n) is 14.2. The quantitative estimate of drug-likeness (QED) is 0.626. The van der Waals surface area contributed by atoms with Gasteiger partial charge in [-0.15, -0.1) is 0 Å². The Labute approximate surface area is 129 Å². The molecule has 0 aliphatic carbocycles. The number of hydrogen-bond donors (Lipinski definition) is 2. The number of nitrogens with zero attached hydrogens (tertiary/aromatic N) is 1. The summed E-state index contributed by atoms with van der Waals surface area (Å²) in [6, 6.07) is 6.74. The fourth-order valence-corrected chi connectivity index (χ4v) is 1.92. The number of ether oxygens (including phenoxy) is 1. The molecule has 0 aromatic heterocycles. The van der Waals surface area contributed by atoms with Gasteiger partial charge in [0.15, 0.2) is 5.96 Å². The number of aliphatic imine (C=N–C) groups is 1. The van der Waals surface area contributed by atoms with Gasteiger partial charge in [-0.05, 0) is 43.4 Å². The molecule has 0 saturated heterocycles. The lowest BCUT2D eigenvalue weighted by Crippen LogP contribution is -2.44.